The number of esters is 2. The van der Waals surface area contributed by atoms with Crippen LogP contribution in [-0.4, -0.2) is 42.1 Å². The van der Waals surface area contributed by atoms with Gasteiger partial charge in [0.05, 0.1) is 17.6 Å². The Morgan fingerprint density at radius 1 is 1.21 bits per heavy atom. The number of Topliss-reactive ketones (excluding diaryl/α,β-unsaturated/α-hetero) is 1. The van der Waals surface area contributed by atoms with E-state index in [1.807, 2.05) is 0 Å². The number of carbonyl (C=O) groups excluding carboxylic acids is 3. The van der Waals surface area contributed by atoms with Gasteiger partial charge in [-0.3, -0.25) is 24.7 Å². The molecule has 28 heavy (non-hydrogen) atoms. The molecule has 9 nitrogen and oxygen atoms in total. The summed E-state index contributed by atoms with van der Waals surface area (Å²) in [5, 5.41) is 11.5. The average molecular weight is 388 g/mol. The first-order valence-corrected chi connectivity index (χ1v) is 8.42. The highest BCUT2D eigenvalue weighted by atomic mass is 16.6. The first-order chi connectivity index (χ1) is 13.2. The molecule has 0 aromatic heterocycles. The summed E-state index contributed by atoms with van der Waals surface area (Å²) < 4.78 is 9.88. The molecule has 2 rings (SSSR count). The second kappa shape index (κ2) is 8.55. The largest absolute Gasteiger partial charge is 0.468 e. The lowest BCUT2D eigenvalue weighted by molar-refractivity contribution is -0.385. The Kier molecular flexibility index (Phi) is 6.40. The van der Waals surface area contributed by atoms with E-state index >= 15 is 0 Å². The highest BCUT2D eigenvalue weighted by molar-refractivity contribution is 6.07. The van der Waals surface area contributed by atoms with Gasteiger partial charge in [0.1, 0.15) is 12.5 Å². The molecular formula is C19H20N2O7. The third-order valence-electron chi connectivity index (χ3n) is 4.38. The van der Waals surface area contributed by atoms with E-state index in [0.29, 0.717) is 5.71 Å². The molecule has 1 aromatic rings. The zero-order valence-electron chi connectivity index (χ0n) is 15.9. The maximum Gasteiger partial charge on any atom is 0.336 e. The Bertz CT molecular complexity index is 901. The maximum atomic E-state index is 12.7. The number of nitro benzene ring substituents is 1. The van der Waals surface area contributed by atoms with Gasteiger partial charge in [0.25, 0.3) is 5.69 Å². The minimum atomic E-state index is -1.05. The fourth-order valence-corrected chi connectivity index (χ4v) is 3.23. The van der Waals surface area contributed by atoms with E-state index in [2.05, 4.69) is 4.99 Å². The molecule has 0 radical (unpaired) electrons. The van der Waals surface area contributed by atoms with Crippen LogP contribution in [0.2, 0.25) is 0 Å². The number of hydrogen-bond donors (Lipinski definition) is 0. The van der Waals surface area contributed by atoms with Crippen molar-refractivity contribution in [2.45, 2.75) is 26.7 Å². The molecule has 2 atom stereocenters. The summed E-state index contributed by atoms with van der Waals surface area (Å²) in [5.74, 6) is -4.00. The standard InChI is InChI=1S/C19H20N2O7/c1-10(22)9-28-19(24)16-12(3)20-11(2)15(18(23)27-4)17(16)13-7-5-6-8-14(13)21(25)26/h5-8,15,17H,9H2,1-4H3. The molecule has 0 saturated carbocycles. The van der Waals surface area contributed by atoms with E-state index in [9.17, 15) is 24.5 Å². The minimum Gasteiger partial charge on any atom is -0.468 e. The van der Waals surface area contributed by atoms with Crippen molar-refractivity contribution >= 4 is 29.1 Å². The van der Waals surface area contributed by atoms with E-state index in [1.54, 1.807) is 19.9 Å². The minimum absolute atomic E-state index is 0.0171. The lowest BCUT2D eigenvalue weighted by Gasteiger charge is -2.30. The van der Waals surface area contributed by atoms with E-state index in [-0.39, 0.29) is 28.3 Å². The number of allylic oxidation sites excluding steroid dienone is 1. The van der Waals surface area contributed by atoms with Crippen LogP contribution >= 0.6 is 0 Å². The first-order valence-electron chi connectivity index (χ1n) is 8.42. The van der Waals surface area contributed by atoms with E-state index in [1.165, 1.54) is 32.2 Å². The van der Waals surface area contributed by atoms with Gasteiger partial charge in [-0.25, -0.2) is 4.79 Å². The quantitative estimate of drug-likeness (QED) is 0.416. The van der Waals surface area contributed by atoms with Crippen molar-refractivity contribution in [2.75, 3.05) is 13.7 Å². The molecule has 1 aromatic carbocycles. The van der Waals surface area contributed by atoms with Crippen molar-refractivity contribution in [1.29, 1.82) is 0 Å². The number of nitro groups is 1. The van der Waals surface area contributed by atoms with Gasteiger partial charge in [-0.15, -0.1) is 0 Å². The molecule has 0 N–H and O–H groups in total. The van der Waals surface area contributed by atoms with Crippen LogP contribution in [0.5, 0.6) is 0 Å². The SMILES string of the molecule is COC(=O)C1C(C)=NC(C)=C(C(=O)OCC(C)=O)C1c1ccccc1[N+](=O)[O-]. The number of rotatable bonds is 6. The van der Waals surface area contributed by atoms with Crippen LogP contribution in [0.4, 0.5) is 5.69 Å². The maximum absolute atomic E-state index is 12.7. The molecule has 0 aliphatic carbocycles. The number of benzene rings is 1. The fourth-order valence-electron chi connectivity index (χ4n) is 3.23. The van der Waals surface area contributed by atoms with Crippen molar-refractivity contribution < 1.29 is 28.8 Å². The van der Waals surface area contributed by atoms with Gasteiger partial charge in [-0.2, -0.15) is 0 Å². The Labute approximate surface area is 161 Å². The van der Waals surface area contributed by atoms with Crippen molar-refractivity contribution in [3.05, 3.63) is 51.2 Å². The molecule has 0 fully saturated rings. The van der Waals surface area contributed by atoms with Crippen LogP contribution < -0.4 is 0 Å². The molecule has 0 amide bonds. The fraction of sp³-hybridized carbons (Fsp3) is 0.368. The van der Waals surface area contributed by atoms with Crippen LogP contribution in [0, 0.1) is 16.0 Å². The molecule has 1 aliphatic rings. The monoisotopic (exact) mass is 388 g/mol. The first kappa shape index (κ1) is 20.9. The topological polar surface area (TPSA) is 125 Å². The van der Waals surface area contributed by atoms with Gasteiger partial charge >= 0.3 is 11.9 Å². The van der Waals surface area contributed by atoms with Gasteiger partial charge in [0.2, 0.25) is 0 Å². The number of nitrogens with zero attached hydrogens (tertiary/aromatic N) is 2. The molecule has 148 valence electrons. The second-order valence-electron chi connectivity index (χ2n) is 6.32. The molecule has 1 heterocycles. The molecule has 0 bridgehead atoms. The molecular weight excluding hydrogens is 368 g/mol. The van der Waals surface area contributed by atoms with Crippen molar-refractivity contribution in [2.24, 2.45) is 10.9 Å². The van der Waals surface area contributed by atoms with Gasteiger partial charge in [-0.05, 0) is 20.8 Å². The third-order valence-corrected chi connectivity index (χ3v) is 4.38. The molecule has 0 saturated heterocycles. The Balaban J connectivity index is 2.70. The summed E-state index contributed by atoms with van der Waals surface area (Å²) in [7, 11) is 1.19. The van der Waals surface area contributed by atoms with Crippen molar-refractivity contribution in [1.82, 2.24) is 0 Å². The van der Waals surface area contributed by atoms with Gasteiger partial charge < -0.3 is 9.47 Å². The summed E-state index contributed by atoms with van der Waals surface area (Å²) >= 11 is 0. The number of carbonyl (C=O) groups is 3. The van der Waals surface area contributed by atoms with Crippen LogP contribution in [0.25, 0.3) is 0 Å². The zero-order valence-corrected chi connectivity index (χ0v) is 15.9. The number of para-hydroxylation sites is 1. The smallest absolute Gasteiger partial charge is 0.336 e. The van der Waals surface area contributed by atoms with Crippen LogP contribution in [0.15, 0.2) is 40.5 Å². The number of hydrogen-bond acceptors (Lipinski definition) is 8. The predicted octanol–water partition coefficient (Wildman–Crippen LogP) is 2.35. The normalized spacial score (nSPS) is 18.9. The second-order valence-corrected chi connectivity index (χ2v) is 6.32. The number of ether oxygens (including phenoxy) is 2. The van der Waals surface area contributed by atoms with Crippen molar-refractivity contribution in [3.63, 3.8) is 0 Å². The van der Waals surface area contributed by atoms with Crippen LogP contribution in [-0.2, 0) is 23.9 Å². The Morgan fingerprint density at radius 3 is 2.43 bits per heavy atom. The highest BCUT2D eigenvalue weighted by Gasteiger charge is 2.44. The average Bonchev–Trinajstić information content (AvgIpc) is 2.64. The Hall–Kier alpha value is -3.36. The van der Waals surface area contributed by atoms with E-state index in [0.717, 1.165) is 0 Å². The van der Waals surface area contributed by atoms with E-state index < -0.39 is 35.3 Å². The summed E-state index contributed by atoms with van der Waals surface area (Å²) in [4.78, 5) is 51.6. The molecule has 2 unspecified atom stereocenters. The predicted molar refractivity (Wildman–Crippen MR) is 98.8 cm³/mol. The van der Waals surface area contributed by atoms with Gasteiger partial charge in [0.15, 0.2) is 5.78 Å². The number of ketones is 1. The van der Waals surface area contributed by atoms with Crippen LogP contribution in [0.3, 0.4) is 0 Å². The summed E-state index contributed by atoms with van der Waals surface area (Å²) in [6.45, 7) is 3.94. The number of aliphatic imine (C=N–C) groups is 1. The van der Waals surface area contributed by atoms with Gasteiger partial charge in [-0.1, -0.05) is 18.2 Å². The number of methoxy groups -OCH3 is 1. The summed E-state index contributed by atoms with van der Waals surface area (Å²) in [5.41, 5.74) is 0.508. The van der Waals surface area contributed by atoms with Gasteiger partial charge in [0, 0.05) is 29.0 Å². The highest BCUT2D eigenvalue weighted by Crippen LogP contribution is 2.43. The summed E-state index contributed by atoms with van der Waals surface area (Å²) in [6.07, 6.45) is 0. The molecule has 0 spiro atoms. The zero-order chi connectivity index (χ0) is 21.0. The third kappa shape index (κ3) is 4.13. The molecule has 1 aliphatic heterocycles. The van der Waals surface area contributed by atoms with Crippen LogP contribution in [0.1, 0.15) is 32.3 Å². The lowest BCUT2D eigenvalue weighted by atomic mass is 9.75. The molecule has 9 heteroatoms. The Morgan fingerprint density at radius 2 is 1.86 bits per heavy atom. The lowest BCUT2D eigenvalue weighted by Crippen LogP contribution is -2.36. The van der Waals surface area contributed by atoms with Crippen molar-refractivity contribution in [3.8, 4) is 0 Å². The van der Waals surface area contributed by atoms with E-state index in [4.69, 9.17) is 9.47 Å². The summed E-state index contributed by atoms with van der Waals surface area (Å²) in [6, 6.07) is 5.83.